The zero-order valence-electron chi connectivity index (χ0n) is 12.7. The van der Waals surface area contributed by atoms with E-state index in [2.05, 4.69) is 56.4 Å². The van der Waals surface area contributed by atoms with Crippen LogP contribution in [0.1, 0.15) is 57.9 Å². The van der Waals surface area contributed by atoms with Gasteiger partial charge in [-0.1, -0.05) is 51.1 Å². The average Bonchev–Trinajstić information content (AvgIpc) is 2.43. The molecule has 0 aromatic heterocycles. The fourth-order valence-electron chi connectivity index (χ4n) is 3.19. The molecule has 0 bridgehead atoms. The zero-order chi connectivity index (χ0) is 13.7. The maximum atomic E-state index is 3.77. The lowest BCUT2D eigenvalue weighted by molar-refractivity contribution is 0.226. The maximum Gasteiger partial charge on any atom is 0.00698 e. The summed E-state index contributed by atoms with van der Waals surface area (Å²) in [4.78, 5) is 0. The molecule has 1 aliphatic carbocycles. The highest BCUT2D eigenvalue weighted by atomic mass is 14.9. The van der Waals surface area contributed by atoms with Crippen molar-refractivity contribution in [3.63, 3.8) is 0 Å². The third kappa shape index (κ3) is 4.35. The molecule has 1 saturated carbocycles. The number of rotatable bonds is 5. The maximum absolute atomic E-state index is 3.77. The summed E-state index contributed by atoms with van der Waals surface area (Å²) in [6.07, 6.45) is 5.36. The number of benzene rings is 1. The van der Waals surface area contributed by atoms with E-state index >= 15 is 0 Å². The van der Waals surface area contributed by atoms with Crippen LogP contribution < -0.4 is 5.32 Å². The smallest absolute Gasteiger partial charge is 0.00698 e. The van der Waals surface area contributed by atoms with Gasteiger partial charge >= 0.3 is 0 Å². The average molecular weight is 259 g/mol. The Morgan fingerprint density at radius 2 is 1.84 bits per heavy atom. The van der Waals surface area contributed by atoms with Crippen molar-refractivity contribution in [3.05, 3.63) is 35.9 Å². The number of hydrogen-bond donors (Lipinski definition) is 1. The molecule has 1 fully saturated rings. The van der Waals surface area contributed by atoms with Crippen LogP contribution >= 0.6 is 0 Å². The van der Waals surface area contributed by atoms with Crippen LogP contribution in [0.15, 0.2) is 30.3 Å². The second kappa shape index (κ2) is 7.09. The van der Waals surface area contributed by atoms with Gasteiger partial charge in [0.25, 0.3) is 0 Å². The summed E-state index contributed by atoms with van der Waals surface area (Å²) < 4.78 is 0. The summed E-state index contributed by atoms with van der Waals surface area (Å²) in [5, 5.41) is 3.77. The molecule has 0 saturated heterocycles. The van der Waals surface area contributed by atoms with E-state index in [1.165, 1.54) is 31.2 Å². The molecule has 1 aromatic rings. The molecular weight excluding hydrogens is 230 g/mol. The summed E-state index contributed by atoms with van der Waals surface area (Å²) in [5.74, 6) is 2.47. The molecular formula is C18H29N. The molecule has 0 heterocycles. The number of hydrogen-bond acceptors (Lipinski definition) is 1. The van der Waals surface area contributed by atoms with Crippen LogP contribution in [0.3, 0.4) is 0 Å². The Morgan fingerprint density at radius 3 is 2.53 bits per heavy atom. The van der Waals surface area contributed by atoms with Gasteiger partial charge in [0.05, 0.1) is 0 Å². The van der Waals surface area contributed by atoms with E-state index in [-0.39, 0.29) is 0 Å². The van der Waals surface area contributed by atoms with E-state index in [4.69, 9.17) is 0 Å². The van der Waals surface area contributed by atoms with Gasteiger partial charge in [-0.15, -0.1) is 0 Å². The van der Waals surface area contributed by atoms with Crippen molar-refractivity contribution in [2.75, 3.05) is 6.54 Å². The first kappa shape index (κ1) is 14.6. The van der Waals surface area contributed by atoms with Crippen LogP contribution in [-0.2, 0) is 0 Å². The Morgan fingerprint density at radius 1 is 1.11 bits per heavy atom. The van der Waals surface area contributed by atoms with E-state index in [1.807, 2.05) is 0 Å². The Balaban J connectivity index is 1.69. The molecule has 0 spiro atoms. The van der Waals surface area contributed by atoms with Gasteiger partial charge in [-0.2, -0.15) is 0 Å². The monoisotopic (exact) mass is 259 g/mol. The van der Waals surface area contributed by atoms with Gasteiger partial charge in [-0.25, -0.2) is 0 Å². The highest BCUT2D eigenvalue weighted by Crippen LogP contribution is 2.29. The van der Waals surface area contributed by atoms with E-state index in [0.29, 0.717) is 5.92 Å². The van der Waals surface area contributed by atoms with E-state index in [9.17, 15) is 0 Å². The summed E-state index contributed by atoms with van der Waals surface area (Å²) in [5.41, 5.74) is 1.47. The first-order valence-corrected chi connectivity index (χ1v) is 7.95. The minimum atomic E-state index is 0.661. The van der Waals surface area contributed by atoms with Gasteiger partial charge in [0.15, 0.2) is 0 Å². The van der Waals surface area contributed by atoms with Crippen LogP contribution in [0, 0.1) is 11.8 Å². The zero-order valence-corrected chi connectivity index (χ0v) is 12.7. The van der Waals surface area contributed by atoms with Crippen molar-refractivity contribution in [1.82, 2.24) is 5.32 Å². The largest absolute Gasteiger partial charge is 0.314 e. The topological polar surface area (TPSA) is 12.0 Å². The van der Waals surface area contributed by atoms with E-state index in [1.54, 1.807) is 0 Å². The molecule has 0 aliphatic heterocycles. The fraction of sp³-hybridized carbons (Fsp3) is 0.667. The highest BCUT2D eigenvalue weighted by Gasteiger charge is 2.23. The van der Waals surface area contributed by atoms with Crippen LogP contribution in [-0.4, -0.2) is 12.6 Å². The predicted molar refractivity (Wildman–Crippen MR) is 83.4 cm³/mol. The molecule has 2 rings (SSSR count). The molecule has 1 heteroatoms. The Bertz CT molecular complexity index is 359. The van der Waals surface area contributed by atoms with E-state index in [0.717, 1.165) is 24.4 Å². The minimum Gasteiger partial charge on any atom is -0.314 e. The predicted octanol–water partition coefficient (Wildman–Crippen LogP) is 4.59. The first-order valence-electron chi connectivity index (χ1n) is 7.95. The van der Waals surface area contributed by atoms with Crippen LogP contribution in [0.4, 0.5) is 0 Å². The molecule has 4 unspecified atom stereocenters. The third-order valence-corrected chi connectivity index (χ3v) is 4.98. The molecule has 1 nitrogen and oxygen atoms in total. The van der Waals surface area contributed by atoms with Crippen molar-refractivity contribution < 1.29 is 0 Å². The Kier molecular flexibility index (Phi) is 5.45. The molecule has 106 valence electrons. The van der Waals surface area contributed by atoms with Gasteiger partial charge in [0.2, 0.25) is 0 Å². The SMILES string of the molecule is CC(CCNC1CCC(C)C(C)C1)c1ccccc1. The van der Waals surface area contributed by atoms with Crippen molar-refractivity contribution in [2.45, 2.75) is 58.4 Å². The van der Waals surface area contributed by atoms with Crippen molar-refractivity contribution >= 4 is 0 Å². The van der Waals surface area contributed by atoms with Crippen LogP contribution in [0.25, 0.3) is 0 Å². The second-order valence-electron chi connectivity index (χ2n) is 6.52. The normalized spacial score (nSPS) is 29.1. The Labute approximate surface area is 118 Å². The van der Waals surface area contributed by atoms with Gasteiger partial charge in [-0.05, 0) is 55.5 Å². The van der Waals surface area contributed by atoms with Gasteiger partial charge in [-0.3, -0.25) is 0 Å². The van der Waals surface area contributed by atoms with Crippen LogP contribution in [0.5, 0.6) is 0 Å². The van der Waals surface area contributed by atoms with Crippen molar-refractivity contribution in [1.29, 1.82) is 0 Å². The van der Waals surface area contributed by atoms with Gasteiger partial charge < -0.3 is 5.32 Å². The lowest BCUT2D eigenvalue weighted by atomic mass is 9.79. The van der Waals surface area contributed by atoms with Crippen molar-refractivity contribution in [2.24, 2.45) is 11.8 Å². The molecule has 1 N–H and O–H groups in total. The molecule has 1 aliphatic rings. The fourth-order valence-corrected chi connectivity index (χ4v) is 3.19. The van der Waals surface area contributed by atoms with Crippen molar-refractivity contribution in [3.8, 4) is 0 Å². The van der Waals surface area contributed by atoms with Crippen LogP contribution in [0.2, 0.25) is 0 Å². The lowest BCUT2D eigenvalue weighted by Gasteiger charge is -2.32. The van der Waals surface area contributed by atoms with Gasteiger partial charge in [0, 0.05) is 6.04 Å². The third-order valence-electron chi connectivity index (χ3n) is 4.98. The molecule has 0 amide bonds. The Hall–Kier alpha value is -0.820. The summed E-state index contributed by atoms with van der Waals surface area (Å²) in [6, 6.07) is 11.6. The minimum absolute atomic E-state index is 0.661. The quantitative estimate of drug-likeness (QED) is 0.815. The van der Waals surface area contributed by atoms with Gasteiger partial charge in [0.1, 0.15) is 0 Å². The molecule has 19 heavy (non-hydrogen) atoms. The number of nitrogens with one attached hydrogen (secondary N) is 1. The molecule has 4 atom stereocenters. The van der Waals surface area contributed by atoms with E-state index < -0.39 is 0 Å². The summed E-state index contributed by atoms with van der Waals surface area (Å²) >= 11 is 0. The first-order chi connectivity index (χ1) is 9.16. The summed E-state index contributed by atoms with van der Waals surface area (Å²) in [7, 11) is 0. The lowest BCUT2D eigenvalue weighted by Crippen LogP contribution is -2.36. The summed E-state index contributed by atoms with van der Waals surface area (Å²) in [6.45, 7) is 8.30. The highest BCUT2D eigenvalue weighted by molar-refractivity contribution is 5.18. The molecule has 1 aromatic carbocycles. The standard InChI is InChI=1S/C18H29N/c1-14-9-10-18(13-16(14)3)19-12-11-15(2)17-7-5-4-6-8-17/h4-8,14-16,18-19H,9-13H2,1-3H3. The molecule has 0 radical (unpaired) electrons. The second-order valence-corrected chi connectivity index (χ2v) is 6.52.